The molecule has 6 nitrogen and oxygen atoms in total. The Bertz CT molecular complexity index is 797. The monoisotopic (exact) mass is 396 g/mol. The third-order valence-electron chi connectivity index (χ3n) is 4.39. The first-order valence-corrected chi connectivity index (χ1v) is 9.84. The summed E-state index contributed by atoms with van der Waals surface area (Å²) in [6.45, 7) is 7.76. The highest BCUT2D eigenvalue weighted by Crippen LogP contribution is 2.19. The van der Waals surface area contributed by atoms with Crippen LogP contribution in [0.25, 0.3) is 0 Å². The van der Waals surface area contributed by atoms with Crippen LogP contribution in [0.4, 0.5) is 11.4 Å². The molecular weight excluding hydrogens is 368 g/mol. The lowest BCUT2D eigenvalue weighted by molar-refractivity contribution is -0.114. The van der Waals surface area contributed by atoms with E-state index >= 15 is 0 Å². The highest BCUT2D eigenvalue weighted by Gasteiger charge is 2.15. The van der Waals surface area contributed by atoms with Crippen molar-refractivity contribution in [2.45, 2.75) is 25.9 Å². The Balaban J connectivity index is 1.38. The molecule has 1 atom stereocenters. The van der Waals surface area contributed by atoms with E-state index in [0.29, 0.717) is 13.2 Å². The standard InChI is InChI=1S/C23H28N2O4/c1-17(2)15-28-20-11-7-19(8-12-20)25-23(26)14-24-18-5-9-21(10-6-18)29-16-22-4-3-13-27-22/h5-12,22,24H,1,3-4,13-16H2,2H3,(H,25,26). The molecule has 1 unspecified atom stereocenters. The fourth-order valence-corrected chi connectivity index (χ4v) is 2.86. The molecule has 1 heterocycles. The number of carbonyl (C=O) groups is 1. The maximum atomic E-state index is 12.1. The van der Waals surface area contributed by atoms with Gasteiger partial charge in [-0.25, -0.2) is 0 Å². The Kier molecular flexibility index (Phi) is 7.53. The van der Waals surface area contributed by atoms with Crippen molar-refractivity contribution in [1.82, 2.24) is 0 Å². The van der Waals surface area contributed by atoms with Crippen molar-refractivity contribution in [3.8, 4) is 11.5 Å². The molecule has 0 saturated carbocycles. The molecule has 1 aliphatic rings. The molecule has 0 radical (unpaired) electrons. The van der Waals surface area contributed by atoms with Gasteiger partial charge in [0, 0.05) is 18.0 Å². The van der Waals surface area contributed by atoms with Gasteiger partial charge in [-0.15, -0.1) is 0 Å². The van der Waals surface area contributed by atoms with E-state index in [1.807, 2.05) is 55.5 Å². The van der Waals surface area contributed by atoms with Gasteiger partial charge in [0.25, 0.3) is 0 Å². The number of amides is 1. The maximum absolute atomic E-state index is 12.1. The first-order valence-electron chi connectivity index (χ1n) is 9.84. The fraction of sp³-hybridized carbons (Fsp3) is 0.348. The number of nitrogens with one attached hydrogen (secondary N) is 2. The fourth-order valence-electron chi connectivity index (χ4n) is 2.86. The molecule has 0 aliphatic carbocycles. The predicted molar refractivity (Wildman–Crippen MR) is 115 cm³/mol. The normalized spacial score (nSPS) is 15.6. The van der Waals surface area contributed by atoms with Crippen LogP contribution >= 0.6 is 0 Å². The summed E-state index contributed by atoms with van der Waals surface area (Å²) in [4.78, 5) is 12.1. The highest BCUT2D eigenvalue weighted by molar-refractivity contribution is 5.93. The van der Waals surface area contributed by atoms with Gasteiger partial charge in [-0.2, -0.15) is 0 Å². The molecule has 154 valence electrons. The van der Waals surface area contributed by atoms with Crippen LogP contribution < -0.4 is 20.1 Å². The number of anilines is 2. The Labute approximate surface area is 171 Å². The summed E-state index contributed by atoms with van der Waals surface area (Å²) in [7, 11) is 0. The van der Waals surface area contributed by atoms with E-state index in [0.717, 1.165) is 47.9 Å². The second kappa shape index (κ2) is 10.5. The Morgan fingerprint density at radius 3 is 2.34 bits per heavy atom. The summed E-state index contributed by atoms with van der Waals surface area (Å²) in [5.74, 6) is 1.41. The van der Waals surface area contributed by atoms with Crippen LogP contribution in [0.2, 0.25) is 0 Å². The van der Waals surface area contributed by atoms with Gasteiger partial charge in [-0.1, -0.05) is 6.58 Å². The SMILES string of the molecule is C=C(C)COc1ccc(NC(=O)CNc2ccc(OCC3CCCO3)cc2)cc1. The number of rotatable bonds is 10. The Hall–Kier alpha value is -2.99. The van der Waals surface area contributed by atoms with Crippen molar-refractivity contribution in [1.29, 1.82) is 0 Å². The molecule has 1 aliphatic heterocycles. The zero-order chi connectivity index (χ0) is 20.5. The summed E-state index contributed by atoms with van der Waals surface area (Å²) in [6, 6.07) is 14.8. The van der Waals surface area contributed by atoms with E-state index in [2.05, 4.69) is 17.2 Å². The minimum Gasteiger partial charge on any atom is -0.491 e. The largest absolute Gasteiger partial charge is 0.491 e. The van der Waals surface area contributed by atoms with Crippen LogP contribution in [0.3, 0.4) is 0 Å². The summed E-state index contributed by atoms with van der Waals surface area (Å²) in [5.41, 5.74) is 2.53. The molecule has 3 rings (SSSR count). The summed E-state index contributed by atoms with van der Waals surface area (Å²) < 4.78 is 16.8. The Morgan fingerprint density at radius 1 is 1.07 bits per heavy atom. The minimum absolute atomic E-state index is 0.126. The number of hydrogen-bond acceptors (Lipinski definition) is 5. The van der Waals surface area contributed by atoms with Crippen LogP contribution in [0, 0.1) is 0 Å². The molecular formula is C23H28N2O4. The van der Waals surface area contributed by atoms with Crippen LogP contribution in [-0.4, -0.2) is 38.4 Å². The van der Waals surface area contributed by atoms with E-state index in [9.17, 15) is 4.79 Å². The molecule has 29 heavy (non-hydrogen) atoms. The average molecular weight is 396 g/mol. The van der Waals surface area contributed by atoms with Crippen molar-refractivity contribution in [2.24, 2.45) is 0 Å². The number of hydrogen-bond donors (Lipinski definition) is 2. The third-order valence-corrected chi connectivity index (χ3v) is 4.39. The van der Waals surface area contributed by atoms with Crippen molar-refractivity contribution in [3.63, 3.8) is 0 Å². The third kappa shape index (κ3) is 7.16. The zero-order valence-electron chi connectivity index (χ0n) is 16.8. The van der Waals surface area contributed by atoms with Gasteiger partial charge in [0.05, 0.1) is 12.6 Å². The minimum atomic E-state index is -0.126. The van der Waals surface area contributed by atoms with E-state index in [-0.39, 0.29) is 18.6 Å². The van der Waals surface area contributed by atoms with Crippen molar-refractivity contribution < 1.29 is 19.0 Å². The van der Waals surface area contributed by atoms with Gasteiger partial charge in [-0.3, -0.25) is 4.79 Å². The van der Waals surface area contributed by atoms with Gasteiger partial charge >= 0.3 is 0 Å². The number of benzene rings is 2. The van der Waals surface area contributed by atoms with E-state index < -0.39 is 0 Å². The summed E-state index contributed by atoms with van der Waals surface area (Å²) >= 11 is 0. The lowest BCUT2D eigenvalue weighted by Crippen LogP contribution is -2.21. The summed E-state index contributed by atoms with van der Waals surface area (Å²) in [6.07, 6.45) is 2.36. The predicted octanol–water partition coefficient (Wildman–Crippen LogP) is 4.25. The molecule has 2 N–H and O–H groups in total. The molecule has 0 bridgehead atoms. The second-order valence-electron chi connectivity index (χ2n) is 7.14. The van der Waals surface area contributed by atoms with Crippen molar-refractivity contribution in [3.05, 3.63) is 60.7 Å². The molecule has 2 aromatic carbocycles. The van der Waals surface area contributed by atoms with E-state index in [4.69, 9.17) is 14.2 Å². The molecule has 6 heteroatoms. The molecule has 1 saturated heterocycles. The smallest absolute Gasteiger partial charge is 0.243 e. The molecule has 0 spiro atoms. The summed E-state index contributed by atoms with van der Waals surface area (Å²) in [5, 5.41) is 5.96. The van der Waals surface area contributed by atoms with E-state index in [1.165, 1.54) is 0 Å². The first-order chi connectivity index (χ1) is 14.1. The topological polar surface area (TPSA) is 68.8 Å². The highest BCUT2D eigenvalue weighted by atomic mass is 16.5. The molecule has 1 fully saturated rings. The van der Waals surface area contributed by atoms with Crippen LogP contribution in [0.15, 0.2) is 60.7 Å². The lowest BCUT2D eigenvalue weighted by atomic mass is 10.2. The van der Waals surface area contributed by atoms with Crippen molar-refractivity contribution >= 4 is 17.3 Å². The molecule has 0 aromatic heterocycles. The van der Waals surface area contributed by atoms with Crippen LogP contribution in [-0.2, 0) is 9.53 Å². The average Bonchev–Trinajstić information content (AvgIpc) is 3.25. The number of carbonyl (C=O) groups excluding carboxylic acids is 1. The van der Waals surface area contributed by atoms with Gasteiger partial charge in [-0.05, 0) is 73.9 Å². The van der Waals surface area contributed by atoms with Gasteiger partial charge in [0.15, 0.2) is 0 Å². The Morgan fingerprint density at radius 2 is 1.72 bits per heavy atom. The van der Waals surface area contributed by atoms with Gasteiger partial charge in [0.2, 0.25) is 5.91 Å². The molecule has 2 aromatic rings. The quantitative estimate of drug-likeness (QED) is 0.588. The number of ether oxygens (including phenoxy) is 3. The van der Waals surface area contributed by atoms with Crippen LogP contribution in [0.1, 0.15) is 19.8 Å². The van der Waals surface area contributed by atoms with Crippen molar-refractivity contribution in [2.75, 3.05) is 37.0 Å². The first kappa shape index (κ1) is 20.7. The van der Waals surface area contributed by atoms with Gasteiger partial charge < -0.3 is 24.8 Å². The molecule has 1 amide bonds. The van der Waals surface area contributed by atoms with Crippen LogP contribution in [0.5, 0.6) is 11.5 Å². The zero-order valence-corrected chi connectivity index (χ0v) is 16.8. The van der Waals surface area contributed by atoms with Gasteiger partial charge in [0.1, 0.15) is 24.7 Å². The second-order valence-corrected chi connectivity index (χ2v) is 7.14. The maximum Gasteiger partial charge on any atom is 0.243 e. The van der Waals surface area contributed by atoms with E-state index in [1.54, 1.807) is 0 Å². The lowest BCUT2D eigenvalue weighted by Gasteiger charge is -2.12.